The SMILES string of the molecule is O=C(OC(C(=O)NC1CC1)c1ccc(F)cc1)c1ccccc1NS(=O)(=O)c1ccc(F)cc1. The number of nitrogens with one attached hydrogen (secondary N) is 2. The van der Waals surface area contributed by atoms with Crippen LogP contribution in [0.1, 0.15) is 34.9 Å². The second kappa shape index (κ2) is 9.60. The van der Waals surface area contributed by atoms with Crippen molar-refractivity contribution in [3.8, 4) is 0 Å². The zero-order chi connectivity index (χ0) is 24.3. The molecule has 4 rings (SSSR count). The first kappa shape index (κ1) is 23.4. The highest BCUT2D eigenvalue weighted by atomic mass is 32.2. The highest BCUT2D eigenvalue weighted by Gasteiger charge is 2.32. The summed E-state index contributed by atoms with van der Waals surface area (Å²) >= 11 is 0. The van der Waals surface area contributed by atoms with Crippen molar-refractivity contribution in [2.75, 3.05) is 4.72 Å². The molecule has 1 atom stereocenters. The number of carbonyl (C=O) groups excluding carboxylic acids is 2. The zero-order valence-corrected chi connectivity index (χ0v) is 18.5. The van der Waals surface area contributed by atoms with Gasteiger partial charge in [-0.3, -0.25) is 9.52 Å². The van der Waals surface area contributed by atoms with Crippen LogP contribution in [0.15, 0.2) is 77.7 Å². The van der Waals surface area contributed by atoms with Gasteiger partial charge in [-0.1, -0.05) is 24.3 Å². The topological polar surface area (TPSA) is 102 Å². The van der Waals surface area contributed by atoms with Crippen LogP contribution in [0, 0.1) is 11.6 Å². The highest BCUT2D eigenvalue weighted by Crippen LogP contribution is 2.27. The van der Waals surface area contributed by atoms with Crippen molar-refractivity contribution >= 4 is 27.6 Å². The predicted molar refractivity (Wildman–Crippen MR) is 119 cm³/mol. The van der Waals surface area contributed by atoms with Crippen LogP contribution in [0.25, 0.3) is 0 Å². The average Bonchev–Trinajstić information content (AvgIpc) is 3.62. The summed E-state index contributed by atoms with van der Waals surface area (Å²) in [6.07, 6.45) is 0.253. The molecule has 1 unspecified atom stereocenters. The fraction of sp³-hybridized carbons (Fsp3) is 0.167. The summed E-state index contributed by atoms with van der Waals surface area (Å²) in [5, 5.41) is 2.75. The van der Waals surface area contributed by atoms with Crippen molar-refractivity contribution in [3.05, 3.63) is 95.6 Å². The molecular formula is C24H20F2N2O5S. The van der Waals surface area contributed by atoms with Gasteiger partial charge >= 0.3 is 5.97 Å². The number of anilines is 1. The van der Waals surface area contributed by atoms with Crippen LogP contribution in [-0.2, 0) is 19.6 Å². The van der Waals surface area contributed by atoms with Crippen LogP contribution in [0.2, 0.25) is 0 Å². The van der Waals surface area contributed by atoms with E-state index in [1.807, 2.05) is 0 Å². The van der Waals surface area contributed by atoms with E-state index in [0.29, 0.717) is 0 Å². The summed E-state index contributed by atoms with van der Waals surface area (Å²) in [6, 6.07) is 14.8. The van der Waals surface area contributed by atoms with Gasteiger partial charge in [-0.05, 0) is 61.4 Å². The van der Waals surface area contributed by atoms with Crippen molar-refractivity contribution in [1.29, 1.82) is 0 Å². The number of carbonyl (C=O) groups is 2. The lowest BCUT2D eigenvalue weighted by atomic mass is 10.1. The molecule has 0 heterocycles. The van der Waals surface area contributed by atoms with E-state index < -0.39 is 39.6 Å². The molecule has 3 aromatic carbocycles. The van der Waals surface area contributed by atoms with Crippen molar-refractivity contribution in [2.45, 2.75) is 29.9 Å². The monoisotopic (exact) mass is 486 g/mol. The van der Waals surface area contributed by atoms with Crippen LogP contribution in [-0.4, -0.2) is 26.3 Å². The smallest absolute Gasteiger partial charge is 0.341 e. The number of sulfonamides is 1. The van der Waals surface area contributed by atoms with Crippen LogP contribution < -0.4 is 10.0 Å². The minimum absolute atomic E-state index is 0.0102. The molecule has 0 radical (unpaired) electrons. The number of para-hydroxylation sites is 1. The van der Waals surface area contributed by atoms with E-state index in [1.165, 1.54) is 36.4 Å². The molecule has 1 aliphatic rings. The van der Waals surface area contributed by atoms with E-state index in [1.54, 1.807) is 0 Å². The van der Waals surface area contributed by atoms with E-state index in [4.69, 9.17) is 4.74 Å². The number of ether oxygens (including phenoxy) is 1. The molecule has 34 heavy (non-hydrogen) atoms. The van der Waals surface area contributed by atoms with E-state index in [-0.39, 0.29) is 27.8 Å². The molecule has 1 saturated carbocycles. The summed E-state index contributed by atoms with van der Waals surface area (Å²) in [6.45, 7) is 0. The summed E-state index contributed by atoms with van der Waals surface area (Å²) in [4.78, 5) is 25.6. The molecule has 1 fully saturated rings. The molecule has 2 N–H and O–H groups in total. The molecule has 0 aromatic heterocycles. The Labute approximate surface area is 194 Å². The normalized spacial score (nSPS) is 14.2. The van der Waals surface area contributed by atoms with Gasteiger partial charge in [0, 0.05) is 11.6 Å². The Hall–Kier alpha value is -3.79. The number of esters is 1. The minimum Gasteiger partial charge on any atom is -0.444 e. The molecule has 0 spiro atoms. The summed E-state index contributed by atoms with van der Waals surface area (Å²) in [7, 11) is -4.14. The van der Waals surface area contributed by atoms with Gasteiger partial charge in [0.15, 0.2) is 0 Å². The van der Waals surface area contributed by atoms with E-state index in [2.05, 4.69) is 10.0 Å². The Morgan fingerprint density at radius 1 is 0.882 bits per heavy atom. The maximum atomic E-state index is 13.4. The van der Waals surface area contributed by atoms with E-state index >= 15 is 0 Å². The third-order valence-corrected chi connectivity index (χ3v) is 6.46. The molecule has 0 saturated heterocycles. The average molecular weight is 486 g/mol. The fourth-order valence-corrected chi connectivity index (χ4v) is 4.23. The maximum Gasteiger partial charge on any atom is 0.341 e. The van der Waals surface area contributed by atoms with E-state index in [9.17, 15) is 26.8 Å². The molecule has 1 aliphatic carbocycles. The first-order valence-electron chi connectivity index (χ1n) is 10.4. The van der Waals surface area contributed by atoms with Gasteiger partial charge in [0.2, 0.25) is 6.10 Å². The molecule has 3 aromatic rings. The first-order chi connectivity index (χ1) is 16.2. The summed E-state index contributed by atoms with van der Waals surface area (Å²) < 4.78 is 59.7. The van der Waals surface area contributed by atoms with Crippen LogP contribution in [0.4, 0.5) is 14.5 Å². The Kier molecular flexibility index (Phi) is 6.60. The summed E-state index contributed by atoms with van der Waals surface area (Å²) in [5.74, 6) is -2.64. The number of amides is 1. The lowest BCUT2D eigenvalue weighted by Crippen LogP contribution is -2.33. The molecule has 1 amide bonds. The summed E-state index contributed by atoms with van der Waals surface area (Å²) in [5.41, 5.74) is 0.0362. The molecule has 176 valence electrons. The fourth-order valence-electron chi connectivity index (χ4n) is 3.15. The molecule has 10 heteroatoms. The number of benzene rings is 3. The second-order valence-corrected chi connectivity index (χ2v) is 9.41. The first-order valence-corrected chi connectivity index (χ1v) is 11.9. The second-order valence-electron chi connectivity index (χ2n) is 7.72. The van der Waals surface area contributed by atoms with E-state index in [0.717, 1.165) is 49.2 Å². The Balaban J connectivity index is 1.59. The van der Waals surface area contributed by atoms with Gasteiger partial charge in [0.05, 0.1) is 16.1 Å². The zero-order valence-electron chi connectivity index (χ0n) is 17.7. The Morgan fingerprint density at radius 2 is 1.47 bits per heavy atom. The van der Waals surface area contributed by atoms with Crippen molar-refractivity contribution in [2.24, 2.45) is 0 Å². The highest BCUT2D eigenvalue weighted by molar-refractivity contribution is 7.92. The lowest BCUT2D eigenvalue weighted by Gasteiger charge is -2.19. The van der Waals surface area contributed by atoms with Gasteiger partial charge in [0.25, 0.3) is 15.9 Å². The third kappa shape index (κ3) is 5.57. The third-order valence-electron chi connectivity index (χ3n) is 5.07. The minimum atomic E-state index is -4.14. The van der Waals surface area contributed by atoms with Gasteiger partial charge in [0.1, 0.15) is 11.6 Å². The number of rotatable bonds is 8. The van der Waals surface area contributed by atoms with Gasteiger partial charge in [-0.25, -0.2) is 22.0 Å². The van der Waals surface area contributed by atoms with Crippen LogP contribution in [0.3, 0.4) is 0 Å². The molecule has 7 nitrogen and oxygen atoms in total. The van der Waals surface area contributed by atoms with Crippen LogP contribution >= 0.6 is 0 Å². The Morgan fingerprint density at radius 3 is 2.09 bits per heavy atom. The number of halogens is 2. The Bertz CT molecular complexity index is 1310. The number of hydrogen-bond donors (Lipinski definition) is 2. The number of hydrogen-bond acceptors (Lipinski definition) is 5. The lowest BCUT2D eigenvalue weighted by molar-refractivity contribution is -0.130. The molecule has 0 aliphatic heterocycles. The molecular weight excluding hydrogens is 466 g/mol. The molecule has 0 bridgehead atoms. The van der Waals surface area contributed by atoms with Crippen molar-refractivity contribution < 1.29 is 31.5 Å². The van der Waals surface area contributed by atoms with Gasteiger partial charge in [-0.15, -0.1) is 0 Å². The largest absolute Gasteiger partial charge is 0.444 e. The van der Waals surface area contributed by atoms with Crippen molar-refractivity contribution in [3.63, 3.8) is 0 Å². The van der Waals surface area contributed by atoms with Crippen LogP contribution in [0.5, 0.6) is 0 Å². The predicted octanol–water partition coefficient (Wildman–Crippen LogP) is 3.94. The van der Waals surface area contributed by atoms with Gasteiger partial charge in [-0.2, -0.15) is 0 Å². The van der Waals surface area contributed by atoms with Crippen molar-refractivity contribution in [1.82, 2.24) is 5.32 Å². The maximum absolute atomic E-state index is 13.4. The quantitative estimate of drug-likeness (QED) is 0.470. The standard InChI is InChI=1S/C24H20F2N2O5S/c25-16-7-5-15(6-8-16)22(23(29)27-18-11-12-18)33-24(30)20-3-1-2-4-21(20)28-34(31,32)19-13-9-17(26)10-14-19/h1-10,13-14,18,22,28H,11-12H2,(H,27,29). The van der Waals surface area contributed by atoms with Gasteiger partial charge < -0.3 is 10.1 Å².